The second-order valence-corrected chi connectivity index (χ2v) is 5.76. The molecule has 0 saturated carbocycles. The quantitative estimate of drug-likeness (QED) is 0.718. The van der Waals surface area contributed by atoms with Gasteiger partial charge in [-0.25, -0.2) is 15.0 Å². The Morgan fingerprint density at radius 3 is 2.58 bits per heavy atom. The molecule has 0 atom stereocenters. The number of nitrogens with zero attached hydrogens (tertiary/aromatic N) is 4. The average molecular weight is 320 g/mol. The second kappa shape index (κ2) is 6.54. The van der Waals surface area contributed by atoms with E-state index in [-0.39, 0.29) is 0 Å². The third-order valence-electron chi connectivity index (χ3n) is 3.67. The van der Waals surface area contributed by atoms with Gasteiger partial charge in [0.1, 0.15) is 5.82 Å². The molecule has 0 aliphatic carbocycles. The van der Waals surface area contributed by atoms with Crippen molar-refractivity contribution in [3.05, 3.63) is 54.4 Å². The Kier molecular flexibility index (Phi) is 4.29. The van der Waals surface area contributed by atoms with E-state index in [2.05, 4.69) is 20.3 Å². The van der Waals surface area contributed by atoms with Crippen LogP contribution in [0.15, 0.2) is 48.8 Å². The third kappa shape index (κ3) is 3.43. The minimum Gasteiger partial charge on any atom is -0.399 e. The minimum absolute atomic E-state index is 0.526. The van der Waals surface area contributed by atoms with Crippen molar-refractivity contribution < 1.29 is 0 Å². The van der Waals surface area contributed by atoms with Gasteiger partial charge in [0.15, 0.2) is 0 Å². The molecule has 0 saturated heterocycles. The molecule has 0 aliphatic rings. The minimum atomic E-state index is 0.526. The summed E-state index contributed by atoms with van der Waals surface area (Å²) >= 11 is 0. The van der Waals surface area contributed by atoms with Crippen LogP contribution in [0.1, 0.15) is 5.56 Å². The molecule has 24 heavy (non-hydrogen) atoms. The molecule has 2 heterocycles. The number of nitrogen functional groups attached to an aromatic ring is 1. The predicted molar refractivity (Wildman–Crippen MR) is 98.5 cm³/mol. The van der Waals surface area contributed by atoms with Crippen molar-refractivity contribution in [3.63, 3.8) is 0 Å². The number of pyridine rings is 1. The Bertz CT molecular complexity index is 842. The Hall–Kier alpha value is -3.15. The second-order valence-electron chi connectivity index (χ2n) is 5.76. The standard InChI is InChI=1S/C18H20N6/c1-12-4-6-14(19)10-16(12)23-18-20-9-8-15(22-18)13-5-7-17(21-11-13)24(2)3/h4-11H,19H2,1-3H3,(H,20,22,23). The fourth-order valence-corrected chi connectivity index (χ4v) is 2.28. The lowest BCUT2D eigenvalue weighted by Crippen LogP contribution is -2.10. The van der Waals surface area contributed by atoms with E-state index in [1.54, 1.807) is 6.20 Å². The third-order valence-corrected chi connectivity index (χ3v) is 3.67. The average Bonchev–Trinajstić information content (AvgIpc) is 2.58. The van der Waals surface area contributed by atoms with Gasteiger partial charge in [0.25, 0.3) is 0 Å². The van der Waals surface area contributed by atoms with Crippen molar-refractivity contribution in [1.82, 2.24) is 15.0 Å². The molecule has 6 nitrogen and oxygen atoms in total. The molecule has 6 heteroatoms. The van der Waals surface area contributed by atoms with Gasteiger partial charge in [0.05, 0.1) is 5.69 Å². The summed E-state index contributed by atoms with van der Waals surface area (Å²) in [6.07, 6.45) is 3.54. The highest BCUT2D eigenvalue weighted by molar-refractivity contribution is 5.66. The molecular weight excluding hydrogens is 300 g/mol. The van der Waals surface area contributed by atoms with E-state index in [1.165, 1.54) is 0 Å². The fraction of sp³-hybridized carbons (Fsp3) is 0.167. The van der Waals surface area contributed by atoms with Gasteiger partial charge < -0.3 is 16.0 Å². The van der Waals surface area contributed by atoms with Gasteiger partial charge >= 0.3 is 0 Å². The summed E-state index contributed by atoms with van der Waals surface area (Å²) in [6, 6.07) is 11.5. The number of aromatic nitrogens is 3. The van der Waals surface area contributed by atoms with Crippen LogP contribution in [0.4, 0.5) is 23.1 Å². The Balaban J connectivity index is 1.87. The van der Waals surface area contributed by atoms with Crippen LogP contribution in [0.3, 0.4) is 0 Å². The monoisotopic (exact) mass is 320 g/mol. The molecule has 0 bridgehead atoms. The van der Waals surface area contributed by atoms with Crippen LogP contribution in [0.2, 0.25) is 0 Å². The number of nitrogens with two attached hydrogens (primary N) is 1. The van der Waals surface area contributed by atoms with Gasteiger partial charge in [-0.15, -0.1) is 0 Å². The Morgan fingerprint density at radius 2 is 1.88 bits per heavy atom. The lowest BCUT2D eigenvalue weighted by atomic mass is 10.2. The number of hydrogen-bond donors (Lipinski definition) is 2. The first-order valence-electron chi connectivity index (χ1n) is 7.63. The van der Waals surface area contributed by atoms with Crippen molar-refractivity contribution >= 4 is 23.1 Å². The van der Waals surface area contributed by atoms with Crippen molar-refractivity contribution in [2.75, 3.05) is 30.0 Å². The van der Waals surface area contributed by atoms with Gasteiger partial charge in [0.2, 0.25) is 5.95 Å². The molecule has 1 aromatic carbocycles. The topological polar surface area (TPSA) is 80.0 Å². The van der Waals surface area contributed by atoms with E-state index in [0.29, 0.717) is 11.6 Å². The van der Waals surface area contributed by atoms with Crippen molar-refractivity contribution in [1.29, 1.82) is 0 Å². The summed E-state index contributed by atoms with van der Waals surface area (Å²) in [7, 11) is 3.92. The van der Waals surface area contributed by atoms with Gasteiger partial charge in [-0.3, -0.25) is 0 Å². The van der Waals surface area contributed by atoms with Crippen LogP contribution >= 0.6 is 0 Å². The molecule has 0 aliphatic heterocycles. The van der Waals surface area contributed by atoms with Crippen LogP contribution in [-0.2, 0) is 0 Å². The molecule has 0 unspecified atom stereocenters. The van der Waals surface area contributed by atoms with E-state index in [1.807, 2.05) is 68.5 Å². The number of aryl methyl sites for hydroxylation is 1. The molecule has 0 amide bonds. The summed E-state index contributed by atoms with van der Waals surface area (Å²) in [6.45, 7) is 2.01. The zero-order chi connectivity index (χ0) is 17.1. The fourth-order valence-electron chi connectivity index (χ4n) is 2.28. The molecular formula is C18H20N6. The van der Waals surface area contributed by atoms with Gasteiger partial charge in [-0.2, -0.15) is 0 Å². The van der Waals surface area contributed by atoms with E-state index >= 15 is 0 Å². The largest absolute Gasteiger partial charge is 0.399 e. The lowest BCUT2D eigenvalue weighted by molar-refractivity contribution is 1.07. The zero-order valence-electron chi connectivity index (χ0n) is 14.0. The summed E-state index contributed by atoms with van der Waals surface area (Å²) in [4.78, 5) is 15.2. The van der Waals surface area contributed by atoms with Gasteiger partial charge in [-0.1, -0.05) is 6.07 Å². The lowest BCUT2D eigenvalue weighted by Gasteiger charge is -2.12. The summed E-state index contributed by atoms with van der Waals surface area (Å²) in [5, 5.41) is 3.22. The van der Waals surface area contributed by atoms with E-state index in [0.717, 1.165) is 28.3 Å². The first-order chi connectivity index (χ1) is 11.5. The van der Waals surface area contributed by atoms with Crippen molar-refractivity contribution in [2.24, 2.45) is 0 Å². The molecule has 3 rings (SSSR count). The summed E-state index contributed by atoms with van der Waals surface area (Å²) < 4.78 is 0. The highest BCUT2D eigenvalue weighted by Gasteiger charge is 2.06. The van der Waals surface area contributed by atoms with E-state index < -0.39 is 0 Å². The van der Waals surface area contributed by atoms with Gasteiger partial charge in [0, 0.05) is 43.4 Å². The van der Waals surface area contributed by atoms with Crippen LogP contribution in [-0.4, -0.2) is 29.0 Å². The first-order valence-corrected chi connectivity index (χ1v) is 7.63. The number of nitrogens with one attached hydrogen (secondary N) is 1. The summed E-state index contributed by atoms with van der Waals surface area (Å²) in [5.41, 5.74) is 10.3. The SMILES string of the molecule is Cc1ccc(N)cc1Nc1nccc(-c2ccc(N(C)C)nc2)n1. The van der Waals surface area contributed by atoms with Crippen LogP contribution in [0.25, 0.3) is 11.3 Å². The molecule has 3 N–H and O–H groups in total. The van der Waals surface area contributed by atoms with Crippen LogP contribution in [0, 0.1) is 6.92 Å². The highest BCUT2D eigenvalue weighted by Crippen LogP contribution is 2.23. The van der Waals surface area contributed by atoms with Crippen molar-refractivity contribution in [3.8, 4) is 11.3 Å². The number of rotatable bonds is 4. The Morgan fingerprint density at radius 1 is 1.04 bits per heavy atom. The van der Waals surface area contributed by atoms with E-state index in [9.17, 15) is 0 Å². The van der Waals surface area contributed by atoms with E-state index in [4.69, 9.17) is 5.73 Å². The highest BCUT2D eigenvalue weighted by atomic mass is 15.1. The maximum absolute atomic E-state index is 5.85. The molecule has 2 aromatic heterocycles. The van der Waals surface area contributed by atoms with Gasteiger partial charge in [-0.05, 0) is 42.8 Å². The molecule has 0 radical (unpaired) electrons. The number of benzene rings is 1. The normalized spacial score (nSPS) is 10.5. The molecule has 0 spiro atoms. The zero-order valence-corrected chi connectivity index (χ0v) is 14.0. The maximum Gasteiger partial charge on any atom is 0.227 e. The maximum atomic E-state index is 5.85. The van der Waals surface area contributed by atoms with Crippen LogP contribution in [0.5, 0.6) is 0 Å². The number of anilines is 4. The molecule has 0 fully saturated rings. The molecule has 3 aromatic rings. The Labute approximate surface area is 141 Å². The molecule has 122 valence electrons. The predicted octanol–water partition coefficient (Wildman–Crippen LogP) is 3.24. The smallest absolute Gasteiger partial charge is 0.227 e. The summed E-state index contributed by atoms with van der Waals surface area (Å²) in [5.74, 6) is 1.43. The van der Waals surface area contributed by atoms with Crippen molar-refractivity contribution in [2.45, 2.75) is 6.92 Å². The first kappa shape index (κ1) is 15.7. The van der Waals surface area contributed by atoms with Crippen LogP contribution < -0.4 is 16.0 Å². The number of hydrogen-bond acceptors (Lipinski definition) is 6.